The van der Waals surface area contributed by atoms with E-state index in [4.69, 9.17) is 5.11 Å². The number of carbonyl (C=O) groups is 1. The molecule has 4 nitrogen and oxygen atoms in total. The Morgan fingerprint density at radius 1 is 1.50 bits per heavy atom. The van der Waals surface area contributed by atoms with Gasteiger partial charge in [-0.3, -0.25) is 0 Å². The second-order valence-electron chi connectivity index (χ2n) is 4.31. The van der Waals surface area contributed by atoms with Gasteiger partial charge in [0, 0.05) is 11.0 Å². The number of hydrogen-bond donors (Lipinski definition) is 2. The van der Waals surface area contributed by atoms with Crippen molar-refractivity contribution >= 4 is 21.9 Å². The summed E-state index contributed by atoms with van der Waals surface area (Å²) >= 11 is 3.42. The summed E-state index contributed by atoms with van der Waals surface area (Å²) in [5, 5.41) is 12.0. The summed E-state index contributed by atoms with van der Waals surface area (Å²) < 4.78 is 0.850. The number of benzene rings is 1. The van der Waals surface area contributed by atoms with Crippen molar-refractivity contribution in [1.29, 1.82) is 0 Å². The molecule has 1 aromatic carbocycles. The Hall–Kier alpha value is -0.910. The van der Waals surface area contributed by atoms with Crippen molar-refractivity contribution in [2.45, 2.75) is 13.0 Å². The largest absolute Gasteiger partial charge is 0.478 e. The number of rotatable bonds is 7. The normalized spacial score (nSPS) is 10.9. The molecule has 18 heavy (non-hydrogen) atoms. The minimum absolute atomic E-state index is 0.309. The molecule has 0 heterocycles. The van der Waals surface area contributed by atoms with E-state index in [1.165, 1.54) is 0 Å². The highest BCUT2D eigenvalue weighted by Gasteiger charge is 2.08. The number of carboxylic acids is 1. The van der Waals surface area contributed by atoms with Gasteiger partial charge in [-0.05, 0) is 51.3 Å². The molecule has 0 aliphatic carbocycles. The predicted molar refractivity (Wildman–Crippen MR) is 76.0 cm³/mol. The fourth-order valence-corrected chi connectivity index (χ4v) is 2.21. The zero-order valence-electron chi connectivity index (χ0n) is 10.7. The monoisotopic (exact) mass is 314 g/mol. The summed E-state index contributed by atoms with van der Waals surface area (Å²) in [7, 11) is 4.01. The molecule has 0 fully saturated rings. The second-order valence-corrected chi connectivity index (χ2v) is 5.16. The molecule has 0 aromatic heterocycles. The van der Waals surface area contributed by atoms with Crippen molar-refractivity contribution in [2.75, 3.05) is 27.2 Å². The van der Waals surface area contributed by atoms with Crippen LogP contribution in [0.25, 0.3) is 0 Å². The molecule has 0 radical (unpaired) electrons. The molecule has 1 aromatic rings. The minimum Gasteiger partial charge on any atom is -0.478 e. The Morgan fingerprint density at radius 2 is 2.22 bits per heavy atom. The Labute approximate surface area is 116 Å². The van der Waals surface area contributed by atoms with Crippen LogP contribution in [0.2, 0.25) is 0 Å². The molecule has 5 heteroatoms. The highest BCUT2D eigenvalue weighted by Crippen LogP contribution is 2.20. The number of hydrogen-bond acceptors (Lipinski definition) is 3. The molecule has 0 amide bonds. The third kappa shape index (κ3) is 4.76. The van der Waals surface area contributed by atoms with Crippen LogP contribution in [0.1, 0.15) is 22.3 Å². The van der Waals surface area contributed by atoms with Crippen molar-refractivity contribution in [3.63, 3.8) is 0 Å². The minimum atomic E-state index is -0.898. The topological polar surface area (TPSA) is 52.6 Å². The van der Waals surface area contributed by atoms with Crippen molar-refractivity contribution in [3.8, 4) is 0 Å². The summed E-state index contributed by atoms with van der Waals surface area (Å²) in [6.07, 6.45) is 1.10. The Kier molecular flexibility index (Phi) is 6.32. The quantitative estimate of drug-likeness (QED) is 0.758. The maximum absolute atomic E-state index is 10.8. The van der Waals surface area contributed by atoms with Crippen molar-refractivity contribution < 1.29 is 9.90 Å². The van der Waals surface area contributed by atoms with Crippen LogP contribution in [0.4, 0.5) is 0 Å². The third-order valence-corrected chi connectivity index (χ3v) is 3.45. The van der Waals surface area contributed by atoms with Gasteiger partial charge in [-0.15, -0.1) is 0 Å². The van der Waals surface area contributed by atoms with Gasteiger partial charge in [-0.2, -0.15) is 0 Å². The van der Waals surface area contributed by atoms with Gasteiger partial charge >= 0.3 is 5.97 Å². The first-order chi connectivity index (χ1) is 8.54. The van der Waals surface area contributed by atoms with E-state index in [-0.39, 0.29) is 0 Å². The first kappa shape index (κ1) is 15.1. The number of carboxylic acid groups (broad SMARTS) is 1. The van der Waals surface area contributed by atoms with Crippen LogP contribution in [0, 0.1) is 0 Å². The van der Waals surface area contributed by atoms with Gasteiger partial charge in [-0.25, -0.2) is 4.79 Å². The zero-order valence-corrected chi connectivity index (χ0v) is 12.3. The summed E-state index contributed by atoms with van der Waals surface area (Å²) in [5.41, 5.74) is 1.41. The highest BCUT2D eigenvalue weighted by atomic mass is 79.9. The second kappa shape index (κ2) is 7.51. The van der Waals surface area contributed by atoms with Crippen LogP contribution in [0.5, 0.6) is 0 Å². The molecular formula is C13H19BrN2O2. The van der Waals surface area contributed by atoms with Gasteiger partial charge < -0.3 is 15.3 Å². The lowest BCUT2D eigenvalue weighted by molar-refractivity contribution is 0.0697. The standard InChI is InChI=1S/C13H19BrN2O2/c1-15-6-3-7-16(2)9-11-5-4-10(13(17)18)8-12(11)14/h4-5,8,15H,3,6-7,9H2,1-2H3,(H,17,18). The zero-order chi connectivity index (χ0) is 13.5. The van der Waals surface area contributed by atoms with Crippen LogP contribution in [-0.4, -0.2) is 43.2 Å². The summed E-state index contributed by atoms with van der Waals surface area (Å²) in [4.78, 5) is 13.0. The van der Waals surface area contributed by atoms with Crippen LogP contribution in [-0.2, 0) is 6.54 Å². The maximum atomic E-state index is 10.8. The highest BCUT2D eigenvalue weighted by molar-refractivity contribution is 9.10. The molecule has 0 bridgehead atoms. The van der Waals surface area contributed by atoms with Crippen LogP contribution >= 0.6 is 15.9 Å². The van der Waals surface area contributed by atoms with Gasteiger partial charge in [0.1, 0.15) is 0 Å². The van der Waals surface area contributed by atoms with Gasteiger partial charge in [0.2, 0.25) is 0 Å². The maximum Gasteiger partial charge on any atom is 0.335 e. The fraction of sp³-hybridized carbons (Fsp3) is 0.462. The van der Waals surface area contributed by atoms with Crippen LogP contribution < -0.4 is 5.32 Å². The van der Waals surface area contributed by atoms with Crippen LogP contribution in [0.3, 0.4) is 0 Å². The average Bonchev–Trinajstić information content (AvgIpc) is 2.32. The summed E-state index contributed by atoms with van der Waals surface area (Å²) in [6, 6.07) is 5.16. The van der Waals surface area contributed by atoms with Crippen LogP contribution in [0.15, 0.2) is 22.7 Å². The first-order valence-corrected chi connectivity index (χ1v) is 6.68. The number of nitrogens with one attached hydrogen (secondary N) is 1. The SMILES string of the molecule is CNCCCN(C)Cc1ccc(C(=O)O)cc1Br. The Balaban J connectivity index is 2.59. The molecule has 0 aliphatic heterocycles. The summed E-state index contributed by atoms with van der Waals surface area (Å²) in [6.45, 7) is 2.82. The van der Waals surface area contributed by atoms with E-state index < -0.39 is 5.97 Å². The lowest BCUT2D eigenvalue weighted by atomic mass is 10.1. The van der Waals surface area contributed by atoms with Gasteiger partial charge in [0.25, 0.3) is 0 Å². The van der Waals surface area contributed by atoms with Gasteiger partial charge in [0.05, 0.1) is 5.56 Å². The number of halogens is 1. The van der Waals surface area contributed by atoms with Crippen molar-refractivity contribution in [2.24, 2.45) is 0 Å². The third-order valence-electron chi connectivity index (χ3n) is 2.71. The molecule has 0 spiro atoms. The van der Waals surface area contributed by atoms with E-state index in [2.05, 4.69) is 33.2 Å². The molecule has 0 unspecified atom stereocenters. The number of aromatic carboxylic acids is 1. The molecule has 0 atom stereocenters. The fourth-order valence-electron chi connectivity index (χ4n) is 1.70. The lowest BCUT2D eigenvalue weighted by Gasteiger charge is -2.17. The van der Waals surface area contributed by atoms with E-state index in [9.17, 15) is 4.79 Å². The smallest absolute Gasteiger partial charge is 0.335 e. The molecule has 0 saturated heterocycles. The number of nitrogens with zero attached hydrogens (tertiary/aromatic N) is 1. The van der Waals surface area contributed by atoms with E-state index >= 15 is 0 Å². The van der Waals surface area contributed by atoms with E-state index in [0.717, 1.165) is 36.1 Å². The van der Waals surface area contributed by atoms with Gasteiger partial charge in [-0.1, -0.05) is 22.0 Å². The predicted octanol–water partition coefficient (Wildman–Crippen LogP) is 2.19. The first-order valence-electron chi connectivity index (χ1n) is 5.89. The molecule has 2 N–H and O–H groups in total. The molecular weight excluding hydrogens is 296 g/mol. The van der Waals surface area contributed by atoms with E-state index in [0.29, 0.717) is 5.56 Å². The molecule has 0 aliphatic rings. The van der Waals surface area contributed by atoms with E-state index in [1.54, 1.807) is 12.1 Å². The lowest BCUT2D eigenvalue weighted by Crippen LogP contribution is -2.22. The molecule has 100 valence electrons. The molecule has 1 rings (SSSR count). The Bertz CT molecular complexity index is 410. The Morgan fingerprint density at radius 3 is 2.78 bits per heavy atom. The van der Waals surface area contributed by atoms with Crippen molar-refractivity contribution in [1.82, 2.24) is 10.2 Å². The summed E-state index contributed by atoms with van der Waals surface area (Å²) in [5.74, 6) is -0.898. The van der Waals surface area contributed by atoms with Crippen molar-refractivity contribution in [3.05, 3.63) is 33.8 Å². The van der Waals surface area contributed by atoms with E-state index in [1.807, 2.05) is 13.1 Å². The molecule has 0 saturated carbocycles. The average molecular weight is 315 g/mol. The van der Waals surface area contributed by atoms with Gasteiger partial charge in [0.15, 0.2) is 0 Å².